The van der Waals surface area contributed by atoms with E-state index in [-0.39, 0.29) is 6.03 Å². The molecule has 3 N–H and O–H groups in total. The van der Waals surface area contributed by atoms with E-state index in [1.165, 1.54) is 17.8 Å². The number of carbonyl (C=O) groups excluding carboxylic acids is 1. The van der Waals surface area contributed by atoms with E-state index in [0.29, 0.717) is 23.2 Å². The second-order valence-electron chi connectivity index (χ2n) is 5.03. The zero-order chi connectivity index (χ0) is 16.1. The van der Waals surface area contributed by atoms with Crippen molar-refractivity contribution in [2.45, 2.75) is 13.8 Å². The average Bonchev–Trinajstić information content (AvgIpc) is 2.84. The van der Waals surface area contributed by atoms with Gasteiger partial charge in [0.05, 0.1) is 5.52 Å². The van der Waals surface area contributed by atoms with E-state index in [1.54, 1.807) is 18.2 Å². The number of benzene rings is 1. The standard InChI is InChI=1S/C13H18N4O3S2/c1-8(2)7-14-13(18)16-15-12-10-6-9(20-22(3)19)4-5-11(10)17-21-12/h4-6,8,15H,7H2,1-3H3,(H2,14,16,18). The van der Waals surface area contributed by atoms with E-state index in [0.717, 1.165) is 10.9 Å². The lowest BCUT2D eigenvalue weighted by molar-refractivity contribution is 0.241. The molecule has 120 valence electrons. The lowest BCUT2D eigenvalue weighted by Gasteiger charge is -2.10. The summed E-state index contributed by atoms with van der Waals surface area (Å²) in [7, 11) is 0. The first kappa shape index (κ1) is 16.5. The van der Waals surface area contributed by atoms with Crippen molar-refractivity contribution in [3.05, 3.63) is 18.2 Å². The molecule has 0 bridgehead atoms. The Labute approximate surface area is 135 Å². The van der Waals surface area contributed by atoms with Crippen molar-refractivity contribution >= 4 is 44.5 Å². The van der Waals surface area contributed by atoms with Crippen molar-refractivity contribution in [3.8, 4) is 5.75 Å². The third-order valence-corrected chi connectivity index (χ3v) is 3.84. The van der Waals surface area contributed by atoms with Crippen LogP contribution < -0.4 is 20.4 Å². The molecule has 0 saturated carbocycles. The predicted octanol–water partition coefficient (Wildman–Crippen LogP) is 2.25. The number of urea groups is 1. The van der Waals surface area contributed by atoms with E-state index >= 15 is 0 Å². The molecule has 0 aliphatic heterocycles. The van der Waals surface area contributed by atoms with Crippen LogP contribution in [0.15, 0.2) is 18.2 Å². The predicted molar refractivity (Wildman–Crippen MR) is 89.3 cm³/mol. The van der Waals surface area contributed by atoms with Crippen molar-refractivity contribution in [3.63, 3.8) is 0 Å². The van der Waals surface area contributed by atoms with Crippen molar-refractivity contribution in [2.24, 2.45) is 5.92 Å². The molecule has 1 atom stereocenters. The van der Waals surface area contributed by atoms with Gasteiger partial charge in [-0.2, -0.15) is 4.37 Å². The molecule has 1 heterocycles. The Kier molecular flexibility index (Phi) is 5.56. The van der Waals surface area contributed by atoms with Crippen molar-refractivity contribution < 1.29 is 13.2 Å². The Balaban J connectivity index is 2.04. The first-order chi connectivity index (χ1) is 10.5. The Morgan fingerprint density at radius 1 is 1.45 bits per heavy atom. The first-order valence-electron chi connectivity index (χ1n) is 6.66. The molecule has 2 rings (SSSR count). The molecule has 0 radical (unpaired) electrons. The molecule has 22 heavy (non-hydrogen) atoms. The van der Waals surface area contributed by atoms with Gasteiger partial charge in [0.25, 0.3) is 0 Å². The highest BCUT2D eigenvalue weighted by molar-refractivity contribution is 7.79. The topological polar surface area (TPSA) is 92.4 Å². The minimum Gasteiger partial charge on any atom is -0.401 e. The van der Waals surface area contributed by atoms with Gasteiger partial charge < -0.3 is 9.50 Å². The minimum atomic E-state index is -1.39. The molecule has 0 spiro atoms. The monoisotopic (exact) mass is 342 g/mol. The summed E-state index contributed by atoms with van der Waals surface area (Å²) in [5.41, 5.74) is 6.17. The zero-order valence-electron chi connectivity index (χ0n) is 12.5. The fourth-order valence-corrected chi connectivity index (χ4v) is 2.73. The van der Waals surface area contributed by atoms with Crippen LogP contribution >= 0.6 is 11.5 Å². The van der Waals surface area contributed by atoms with Crippen LogP contribution in [0.2, 0.25) is 0 Å². The fraction of sp³-hybridized carbons (Fsp3) is 0.385. The van der Waals surface area contributed by atoms with Crippen LogP contribution in [-0.4, -0.2) is 27.4 Å². The van der Waals surface area contributed by atoms with E-state index < -0.39 is 11.1 Å². The molecule has 2 aromatic rings. The summed E-state index contributed by atoms with van der Waals surface area (Å²) in [4.78, 5) is 11.6. The summed E-state index contributed by atoms with van der Waals surface area (Å²) >= 11 is -0.168. The Bertz CT molecular complexity index is 687. The van der Waals surface area contributed by atoms with E-state index in [1.807, 2.05) is 13.8 Å². The van der Waals surface area contributed by atoms with Crippen LogP contribution in [0.3, 0.4) is 0 Å². The third-order valence-electron chi connectivity index (χ3n) is 2.62. The highest BCUT2D eigenvalue weighted by Crippen LogP contribution is 2.30. The number of fused-ring (bicyclic) bond motifs is 1. The van der Waals surface area contributed by atoms with Crippen LogP contribution in [0, 0.1) is 5.92 Å². The maximum absolute atomic E-state index is 11.6. The van der Waals surface area contributed by atoms with Crippen molar-refractivity contribution in [1.29, 1.82) is 0 Å². The lowest BCUT2D eigenvalue weighted by atomic mass is 10.2. The quantitative estimate of drug-likeness (QED) is 0.700. The molecule has 7 nitrogen and oxygen atoms in total. The van der Waals surface area contributed by atoms with Crippen molar-refractivity contribution in [2.75, 3.05) is 18.2 Å². The number of hydrogen-bond donors (Lipinski definition) is 3. The van der Waals surface area contributed by atoms with E-state index in [2.05, 4.69) is 20.5 Å². The second kappa shape index (κ2) is 7.41. The Morgan fingerprint density at radius 2 is 2.23 bits per heavy atom. The van der Waals surface area contributed by atoms with Gasteiger partial charge in [0.15, 0.2) is 0 Å². The third kappa shape index (κ3) is 4.57. The molecule has 9 heteroatoms. The highest BCUT2D eigenvalue weighted by atomic mass is 32.2. The molecule has 0 aliphatic carbocycles. The van der Waals surface area contributed by atoms with Crippen LogP contribution in [-0.2, 0) is 11.1 Å². The highest BCUT2D eigenvalue weighted by Gasteiger charge is 2.09. The molecule has 0 saturated heterocycles. The summed E-state index contributed by atoms with van der Waals surface area (Å²) in [6, 6.07) is 4.90. The number of aromatic nitrogens is 1. The molecule has 1 unspecified atom stereocenters. The number of nitrogens with zero attached hydrogens (tertiary/aromatic N) is 1. The van der Waals surface area contributed by atoms with Gasteiger partial charge in [-0.15, -0.1) is 0 Å². The van der Waals surface area contributed by atoms with E-state index in [9.17, 15) is 9.00 Å². The lowest BCUT2D eigenvalue weighted by Crippen LogP contribution is -2.40. The van der Waals surface area contributed by atoms with Crippen LogP contribution in [0.25, 0.3) is 10.9 Å². The number of rotatable bonds is 6. The maximum Gasteiger partial charge on any atom is 0.333 e. The van der Waals surface area contributed by atoms with Gasteiger partial charge in [0, 0.05) is 18.2 Å². The van der Waals surface area contributed by atoms with Gasteiger partial charge in [0.1, 0.15) is 10.8 Å². The number of hydrazine groups is 1. The van der Waals surface area contributed by atoms with Gasteiger partial charge in [-0.3, -0.25) is 10.9 Å². The summed E-state index contributed by atoms with van der Waals surface area (Å²) in [6.07, 6.45) is 1.45. The van der Waals surface area contributed by atoms with E-state index in [4.69, 9.17) is 4.18 Å². The molecule has 0 fully saturated rings. The number of anilines is 1. The van der Waals surface area contributed by atoms with Crippen LogP contribution in [0.4, 0.5) is 9.80 Å². The summed E-state index contributed by atoms with van der Waals surface area (Å²) in [6.45, 7) is 4.63. The minimum absolute atomic E-state index is 0.308. The van der Waals surface area contributed by atoms with Gasteiger partial charge in [-0.25, -0.2) is 9.00 Å². The van der Waals surface area contributed by atoms with Gasteiger partial charge in [-0.05, 0) is 35.6 Å². The van der Waals surface area contributed by atoms with Gasteiger partial charge >= 0.3 is 6.03 Å². The number of carbonyl (C=O) groups is 1. The fourth-order valence-electron chi connectivity index (χ4n) is 1.65. The number of hydrogen-bond acceptors (Lipinski definition) is 6. The molecular formula is C13H18N4O3S2. The van der Waals surface area contributed by atoms with Gasteiger partial charge in [0.2, 0.25) is 11.1 Å². The molecule has 0 aliphatic rings. The zero-order valence-corrected chi connectivity index (χ0v) is 14.1. The largest absolute Gasteiger partial charge is 0.401 e. The average molecular weight is 342 g/mol. The second-order valence-corrected chi connectivity index (χ2v) is 6.77. The SMILES string of the molecule is CC(C)CNC(=O)NNc1snc2ccc(OS(C)=O)cc12. The summed E-state index contributed by atoms with van der Waals surface area (Å²) in [5, 5.41) is 4.21. The molecule has 2 amide bonds. The smallest absolute Gasteiger partial charge is 0.333 e. The maximum atomic E-state index is 11.6. The summed E-state index contributed by atoms with van der Waals surface area (Å²) in [5.74, 6) is 0.866. The summed E-state index contributed by atoms with van der Waals surface area (Å²) < 4.78 is 20.5. The van der Waals surface area contributed by atoms with Crippen LogP contribution in [0.1, 0.15) is 13.8 Å². The number of amides is 2. The molecule has 1 aromatic carbocycles. The number of nitrogens with one attached hydrogen (secondary N) is 3. The molecule has 1 aromatic heterocycles. The normalized spacial score (nSPS) is 12.2. The van der Waals surface area contributed by atoms with Crippen LogP contribution in [0.5, 0.6) is 5.75 Å². The first-order valence-corrected chi connectivity index (χ1v) is 8.92. The Hall–Kier alpha value is -1.87. The molecular weight excluding hydrogens is 324 g/mol. The van der Waals surface area contributed by atoms with Gasteiger partial charge in [-0.1, -0.05) is 13.8 Å². The van der Waals surface area contributed by atoms with Crippen molar-refractivity contribution in [1.82, 2.24) is 15.1 Å². The Morgan fingerprint density at radius 3 is 2.91 bits per heavy atom.